The number of anilines is 2. The Morgan fingerprint density at radius 1 is 1.03 bits per heavy atom. The standard InChI is InChI=1S/C26H25N3O2/c1-28(2)21-13-9-19(10-14-21)6-4-7-24-23-8-5-17-27-25(23)29(26(24)30)18-20-11-15-22(31-3)16-12-20/h4-17H,18H2,1-3H3/b6-4+,24-7-. The van der Waals surface area contributed by atoms with Crippen LogP contribution in [0.15, 0.2) is 79.0 Å². The Labute approximate surface area is 182 Å². The molecule has 1 amide bonds. The van der Waals surface area contributed by atoms with Crippen LogP contribution >= 0.6 is 0 Å². The van der Waals surface area contributed by atoms with Crippen LogP contribution in [0.4, 0.5) is 11.5 Å². The molecule has 0 atom stereocenters. The number of methoxy groups -OCH3 is 1. The number of amides is 1. The lowest BCUT2D eigenvalue weighted by atomic mass is 10.1. The zero-order valence-corrected chi connectivity index (χ0v) is 17.9. The molecule has 156 valence electrons. The summed E-state index contributed by atoms with van der Waals surface area (Å²) in [6.45, 7) is 0.458. The maximum absolute atomic E-state index is 13.2. The third-order valence-corrected chi connectivity index (χ3v) is 5.27. The molecule has 0 fully saturated rings. The van der Waals surface area contributed by atoms with Crippen LogP contribution in [0.25, 0.3) is 11.6 Å². The summed E-state index contributed by atoms with van der Waals surface area (Å²) in [6.07, 6.45) is 7.52. The summed E-state index contributed by atoms with van der Waals surface area (Å²) < 4.78 is 5.22. The van der Waals surface area contributed by atoms with Crippen molar-refractivity contribution in [2.75, 3.05) is 31.0 Å². The van der Waals surface area contributed by atoms with E-state index in [0.717, 1.165) is 28.1 Å². The van der Waals surface area contributed by atoms with Crippen molar-refractivity contribution in [3.05, 3.63) is 95.7 Å². The van der Waals surface area contributed by atoms with Crippen LogP contribution in [0.3, 0.4) is 0 Å². The summed E-state index contributed by atoms with van der Waals surface area (Å²) in [5.74, 6) is 1.44. The molecule has 4 rings (SSSR count). The molecule has 5 heteroatoms. The van der Waals surface area contributed by atoms with E-state index in [9.17, 15) is 4.79 Å². The van der Waals surface area contributed by atoms with E-state index in [-0.39, 0.29) is 5.91 Å². The first-order valence-corrected chi connectivity index (χ1v) is 10.1. The molecule has 0 spiro atoms. The minimum Gasteiger partial charge on any atom is -0.497 e. The molecule has 2 heterocycles. The van der Waals surface area contributed by atoms with Gasteiger partial charge in [-0.15, -0.1) is 0 Å². The van der Waals surface area contributed by atoms with Gasteiger partial charge in [0.05, 0.1) is 19.2 Å². The van der Waals surface area contributed by atoms with Gasteiger partial charge in [0, 0.05) is 31.5 Å². The largest absolute Gasteiger partial charge is 0.497 e. The van der Waals surface area contributed by atoms with E-state index in [1.165, 1.54) is 0 Å². The van der Waals surface area contributed by atoms with E-state index in [1.807, 2.05) is 68.7 Å². The number of hydrogen-bond donors (Lipinski definition) is 0. The van der Waals surface area contributed by atoms with Gasteiger partial charge in [0.2, 0.25) is 0 Å². The number of nitrogens with zero attached hydrogens (tertiary/aromatic N) is 3. The van der Waals surface area contributed by atoms with Crippen LogP contribution in [0.5, 0.6) is 5.75 Å². The zero-order valence-electron chi connectivity index (χ0n) is 17.9. The highest BCUT2D eigenvalue weighted by molar-refractivity contribution is 6.32. The number of carbonyl (C=O) groups excluding carboxylic acids is 1. The van der Waals surface area contributed by atoms with Crippen molar-refractivity contribution < 1.29 is 9.53 Å². The molecule has 2 aromatic carbocycles. The maximum Gasteiger partial charge on any atom is 0.260 e. The fourth-order valence-corrected chi connectivity index (χ4v) is 3.54. The maximum atomic E-state index is 13.2. The van der Waals surface area contributed by atoms with E-state index >= 15 is 0 Å². The number of ether oxygens (including phenoxy) is 1. The Balaban J connectivity index is 1.57. The molecule has 0 N–H and O–H groups in total. The molecule has 0 unspecified atom stereocenters. The molecular weight excluding hydrogens is 386 g/mol. The van der Waals surface area contributed by atoms with Crippen molar-refractivity contribution in [2.45, 2.75) is 6.54 Å². The Morgan fingerprint density at radius 2 is 1.77 bits per heavy atom. The lowest BCUT2D eigenvalue weighted by Crippen LogP contribution is -2.26. The third kappa shape index (κ3) is 4.36. The van der Waals surface area contributed by atoms with Crippen molar-refractivity contribution in [1.29, 1.82) is 0 Å². The van der Waals surface area contributed by atoms with Crippen molar-refractivity contribution >= 4 is 29.1 Å². The molecule has 1 aromatic heterocycles. The molecule has 0 radical (unpaired) electrons. The Hall–Kier alpha value is -3.86. The van der Waals surface area contributed by atoms with Gasteiger partial charge in [-0.1, -0.05) is 36.4 Å². The highest BCUT2D eigenvalue weighted by Gasteiger charge is 2.32. The normalized spacial score (nSPS) is 14.4. The topological polar surface area (TPSA) is 45.7 Å². The third-order valence-electron chi connectivity index (χ3n) is 5.27. The average molecular weight is 412 g/mol. The van der Waals surface area contributed by atoms with Gasteiger partial charge in [-0.3, -0.25) is 9.69 Å². The fraction of sp³-hybridized carbons (Fsp3) is 0.154. The molecule has 0 saturated heterocycles. The lowest BCUT2D eigenvalue weighted by molar-refractivity contribution is -0.113. The second-order valence-electron chi connectivity index (χ2n) is 7.54. The lowest BCUT2D eigenvalue weighted by Gasteiger charge is -2.16. The molecule has 1 aliphatic heterocycles. The van der Waals surface area contributed by atoms with E-state index in [1.54, 1.807) is 18.2 Å². The van der Waals surface area contributed by atoms with Gasteiger partial charge in [0.1, 0.15) is 11.6 Å². The van der Waals surface area contributed by atoms with Gasteiger partial charge in [-0.05, 0) is 53.6 Å². The molecule has 31 heavy (non-hydrogen) atoms. The summed E-state index contributed by atoms with van der Waals surface area (Å²) in [5, 5.41) is 0. The van der Waals surface area contributed by atoms with Gasteiger partial charge < -0.3 is 9.64 Å². The highest BCUT2D eigenvalue weighted by atomic mass is 16.5. The van der Waals surface area contributed by atoms with Crippen molar-refractivity contribution in [3.8, 4) is 5.75 Å². The molecule has 0 aliphatic carbocycles. The zero-order chi connectivity index (χ0) is 21.8. The number of aromatic nitrogens is 1. The summed E-state index contributed by atoms with van der Waals surface area (Å²) >= 11 is 0. The first-order valence-electron chi connectivity index (χ1n) is 10.1. The van der Waals surface area contributed by atoms with E-state index in [4.69, 9.17) is 4.74 Å². The average Bonchev–Trinajstić information content (AvgIpc) is 3.06. The predicted octanol–water partition coefficient (Wildman–Crippen LogP) is 4.80. The predicted molar refractivity (Wildman–Crippen MR) is 126 cm³/mol. The Morgan fingerprint density at radius 3 is 2.45 bits per heavy atom. The Kier molecular flexibility index (Phi) is 5.85. The summed E-state index contributed by atoms with van der Waals surface area (Å²) in [5.41, 5.74) is 4.75. The molecular formula is C26H25N3O2. The number of fused-ring (bicyclic) bond motifs is 1. The first kappa shape index (κ1) is 20.4. The number of pyridine rings is 1. The quantitative estimate of drug-likeness (QED) is 0.547. The summed E-state index contributed by atoms with van der Waals surface area (Å²) in [7, 11) is 5.68. The monoisotopic (exact) mass is 411 g/mol. The van der Waals surface area contributed by atoms with Gasteiger partial charge >= 0.3 is 0 Å². The second kappa shape index (κ2) is 8.88. The van der Waals surface area contributed by atoms with Gasteiger partial charge in [-0.25, -0.2) is 4.98 Å². The van der Waals surface area contributed by atoms with Gasteiger partial charge in [-0.2, -0.15) is 0 Å². The van der Waals surface area contributed by atoms with Crippen LogP contribution in [0.1, 0.15) is 16.7 Å². The smallest absolute Gasteiger partial charge is 0.260 e. The van der Waals surface area contributed by atoms with Crippen LogP contribution in [0, 0.1) is 0 Å². The fourth-order valence-electron chi connectivity index (χ4n) is 3.54. The molecule has 3 aromatic rings. The van der Waals surface area contributed by atoms with Gasteiger partial charge in [0.15, 0.2) is 0 Å². The number of benzene rings is 2. The second-order valence-corrected chi connectivity index (χ2v) is 7.54. The SMILES string of the molecule is COc1ccc(CN2C(=O)/C(=C\C=C\c3ccc(N(C)C)cc3)c3cccnc32)cc1. The first-order chi connectivity index (χ1) is 15.1. The number of rotatable bonds is 6. The minimum absolute atomic E-state index is 0.0443. The van der Waals surface area contributed by atoms with Crippen LogP contribution in [0.2, 0.25) is 0 Å². The van der Waals surface area contributed by atoms with E-state index in [2.05, 4.69) is 34.1 Å². The van der Waals surface area contributed by atoms with Crippen LogP contribution in [-0.4, -0.2) is 32.1 Å². The van der Waals surface area contributed by atoms with Crippen molar-refractivity contribution in [1.82, 2.24) is 4.98 Å². The van der Waals surface area contributed by atoms with Crippen LogP contribution in [-0.2, 0) is 11.3 Å². The van der Waals surface area contributed by atoms with Crippen molar-refractivity contribution in [3.63, 3.8) is 0 Å². The molecule has 1 aliphatic rings. The Bertz CT molecular complexity index is 1130. The number of allylic oxidation sites excluding steroid dienone is 2. The summed E-state index contributed by atoms with van der Waals surface area (Å²) in [6, 6.07) is 19.8. The molecule has 5 nitrogen and oxygen atoms in total. The minimum atomic E-state index is -0.0443. The van der Waals surface area contributed by atoms with E-state index in [0.29, 0.717) is 17.9 Å². The van der Waals surface area contributed by atoms with Gasteiger partial charge in [0.25, 0.3) is 5.91 Å². The molecule has 0 saturated carbocycles. The molecule has 0 bridgehead atoms. The summed E-state index contributed by atoms with van der Waals surface area (Å²) in [4.78, 5) is 21.5. The number of carbonyl (C=O) groups is 1. The van der Waals surface area contributed by atoms with Crippen molar-refractivity contribution in [2.24, 2.45) is 0 Å². The van der Waals surface area contributed by atoms with E-state index < -0.39 is 0 Å². The van der Waals surface area contributed by atoms with Crippen LogP contribution < -0.4 is 14.5 Å². The highest BCUT2D eigenvalue weighted by Crippen LogP contribution is 2.36. The number of hydrogen-bond acceptors (Lipinski definition) is 4.